The molecule has 1 aromatic heterocycles. The zero-order chi connectivity index (χ0) is 16.3. The van der Waals surface area contributed by atoms with Crippen molar-refractivity contribution in [3.05, 3.63) is 22.6 Å². The fourth-order valence-corrected chi connectivity index (χ4v) is 3.44. The molecule has 120 valence electrons. The number of thioether (sulfide) groups is 1. The molecule has 1 aliphatic heterocycles. The van der Waals surface area contributed by atoms with Crippen molar-refractivity contribution in [2.75, 3.05) is 12.4 Å². The Hall–Kier alpha value is -1.54. The van der Waals surface area contributed by atoms with Gasteiger partial charge in [-0.25, -0.2) is 9.78 Å². The first-order valence-corrected chi connectivity index (χ1v) is 8.48. The number of ether oxygens (including phenoxy) is 2. The highest BCUT2D eigenvalue weighted by Gasteiger charge is 2.32. The SMILES string of the molecule is COC(=O)C1SC=CC1Nc1nc(C(=O)OC(C)(C)C)cs1. The van der Waals surface area contributed by atoms with E-state index in [9.17, 15) is 9.59 Å². The van der Waals surface area contributed by atoms with Crippen molar-refractivity contribution in [1.82, 2.24) is 4.98 Å². The molecule has 1 aliphatic rings. The lowest BCUT2D eigenvalue weighted by atomic mass is 10.2. The second-order valence-electron chi connectivity index (χ2n) is 5.62. The Balaban J connectivity index is 2.01. The molecular weight excluding hydrogens is 324 g/mol. The zero-order valence-corrected chi connectivity index (χ0v) is 14.4. The Bertz CT molecular complexity index is 592. The number of carbonyl (C=O) groups excluding carboxylic acids is 2. The predicted octanol–water partition coefficient (Wildman–Crippen LogP) is 2.68. The van der Waals surface area contributed by atoms with Crippen LogP contribution >= 0.6 is 23.1 Å². The van der Waals surface area contributed by atoms with E-state index >= 15 is 0 Å². The third-order valence-corrected chi connectivity index (χ3v) is 4.54. The fourth-order valence-electron chi connectivity index (χ4n) is 1.75. The van der Waals surface area contributed by atoms with Crippen LogP contribution in [0, 0.1) is 0 Å². The van der Waals surface area contributed by atoms with Gasteiger partial charge in [0.05, 0.1) is 13.2 Å². The van der Waals surface area contributed by atoms with Crippen molar-refractivity contribution in [3.8, 4) is 0 Å². The molecule has 0 saturated carbocycles. The third-order valence-electron chi connectivity index (χ3n) is 2.67. The molecule has 0 bridgehead atoms. The zero-order valence-electron chi connectivity index (χ0n) is 12.8. The number of rotatable bonds is 4. The quantitative estimate of drug-likeness (QED) is 0.843. The van der Waals surface area contributed by atoms with E-state index in [1.54, 1.807) is 26.2 Å². The fraction of sp³-hybridized carbons (Fsp3) is 0.500. The first-order valence-electron chi connectivity index (χ1n) is 6.65. The molecule has 2 unspecified atom stereocenters. The number of hydrogen-bond donors (Lipinski definition) is 1. The monoisotopic (exact) mass is 342 g/mol. The van der Waals surface area contributed by atoms with Gasteiger partial charge in [0, 0.05) is 5.38 Å². The van der Waals surface area contributed by atoms with Crippen molar-refractivity contribution in [3.63, 3.8) is 0 Å². The van der Waals surface area contributed by atoms with E-state index in [4.69, 9.17) is 9.47 Å². The van der Waals surface area contributed by atoms with Gasteiger partial charge in [0.15, 0.2) is 10.8 Å². The Morgan fingerprint density at radius 2 is 2.09 bits per heavy atom. The van der Waals surface area contributed by atoms with Crippen molar-refractivity contribution in [2.24, 2.45) is 0 Å². The molecule has 2 atom stereocenters. The number of aromatic nitrogens is 1. The molecule has 0 saturated heterocycles. The maximum atomic E-state index is 11.9. The van der Waals surface area contributed by atoms with Crippen molar-refractivity contribution < 1.29 is 19.1 Å². The van der Waals surface area contributed by atoms with Gasteiger partial charge < -0.3 is 14.8 Å². The molecule has 0 aromatic carbocycles. The summed E-state index contributed by atoms with van der Waals surface area (Å²) in [6.07, 6.45) is 1.88. The molecule has 1 aromatic rings. The molecule has 8 heteroatoms. The van der Waals surface area contributed by atoms with Gasteiger partial charge in [0.25, 0.3) is 0 Å². The number of thiazole rings is 1. The van der Waals surface area contributed by atoms with Crippen LogP contribution in [-0.2, 0) is 14.3 Å². The van der Waals surface area contributed by atoms with Crippen LogP contribution in [0.5, 0.6) is 0 Å². The number of esters is 2. The van der Waals surface area contributed by atoms with Gasteiger partial charge in [0.1, 0.15) is 10.9 Å². The summed E-state index contributed by atoms with van der Waals surface area (Å²) in [6.45, 7) is 5.41. The van der Waals surface area contributed by atoms with Gasteiger partial charge >= 0.3 is 11.9 Å². The molecule has 2 heterocycles. The summed E-state index contributed by atoms with van der Waals surface area (Å²) in [6, 6.07) is -0.213. The van der Waals surface area contributed by atoms with E-state index in [0.717, 1.165) is 0 Å². The van der Waals surface area contributed by atoms with E-state index in [1.165, 1.54) is 30.2 Å². The maximum absolute atomic E-state index is 11.9. The van der Waals surface area contributed by atoms with Gasteiger partial charge in [-0.1, -0.05) is 6.08 Å². The van der Waals surface area contributed by atoms with Crippen molar-refractivity contribution in [1.29, 1.82) is 0 Å². The Morgan fingerprint density at radius 3 is 2.73 bits per heavy atom. The van der Waals surface area contributed by atoms with Crippen LogP contribution in [0.1, 0.15) is 31.3 Å². The molecule has 22 heavy (non-hydrogen) atoms. The van der Waals surface area contributed by atoms with E-state index in [2.05, 4.69) is 10.3 Å². The molecule has 0 radical (unpaired) electrons. The van der Waals surface area contributed by atoms with Crippen LogP contribution in [0.4, 0.5) is 5.13 Å². The molecular formula is C14H18N2O4S2. The number of hydrogen-bond acceptors (Lipinski definition) is 8. The minimum absolute atomic E-state index is 0.213. The summed E-state index contributed by atoms with van der Waals surface area (Å²) < 4.78 is 10.0. The van der Waals surface area contributed by atoms with Gasteiger partial charge in [0.2, 0.25) is 0 Å². The lowest BCUT2D eigenvalue weighted by Crippen LogP contribution is -2.34. The van der Waals surface area contributed by atoms with Gasteiger partial charge in [-0.05, 0) is 26.2 Å². The Labute approximate surface area is 137 Å². The summed E-state index contributed by atoms with van der Waals surface area (Å²) in [5.74, 6) is -0.755. The first kappa shape index (κ1) is 16.8. The van der Waals surface area contributed by atoms with Crippen LogP contribution in [-0.4, -0.2) is 40.9 Å². The lowest BCUT2D eigenvalue weighted by molar-refractivity contribution is -0.139. The van der Waals surface area contributed by atoms with E-state index < -0.39 is 11.6 Å². The summed E-state index contributed by atoms with van der Waals surface area (Å²) in [7, 11) is 1.36. The van der Waals surface area contributed by atoms with Crippen LogP contribution < -0.4 is 5.32 Å². The molecule has 6 nitrogen and oxygen atoms in total. The highest BCUT2D eigenvalue weighted by atomic mass is 32.2. The summed E-state index contributed by atoms with van der Waals surface area (Å²) in [5.41, 5.74) is -0.304. The van der Waals surface area contributed by atoms with Crippen LogP contribution in [0.3, 0.4) is 0 Å². The molecule has 1 N–H and O–H groups in total. The van der Waals surface area contributed by atoms with Crippen LogP contribution in [0.2, 0.25) is 0 Å². The summed E-state index contributed by atoms with van der Waals surface area (Å²) in [5, 5.41) is 6.83. The average Bonchev–Trinajstić information content (AvgIpc) is 3.05. The number of carbonyl (C=O) groups is 2. The van der Waals surface area contributed by atoms with E-state index in [0.29, 0.717) is 5.13 Å². The van der Waals surface area contributed by atoms with Crippen LogP contribution in [0.15, 0.2) is 16.9 Å². The minimum atomic E-state index is -0.560. The number of anilines is 1. The van der Waals surface area contributed by atoms with Gasteiger partial charge in [-0.2, -0.15) is 0 Å². The Kier molecular flexibility index (Phi) is 5.12. The second kappa shape index (κ2) is 6.70. The average molecular weight is 342 g/mol. The van der Waals surface area contributed by atoms with Crippen LogP contribution in [0.25, 0.3) is 0 Å². The lowest BCUT2D eigenvalue weighted by Gasteiger charge is -2.18. The smallest absolute Gasteiger partial charge is 0.358 e. The summed E-state index contributed by atoms with van der Waals surface area (Å²) in [4.78, 5) is 27.8. The molecule has 0 spiro atoms. The third kappa shape index (κ3) is 4.23. The van der Waals surface area contributed by atoms with E-state index in [-0.39, 0.29) is 23.0 Å². The largest absolute Gasteiger partial charge is 0.468 e. The standard InChI is InChI=1S/C14H18N2O4S2/c1-14(2,3)20-11(17)9-7-22-13(16-9)15-8-5-6-21-10(8)12(18)19-4/h5-8,10H,1-4H3,(H,15,16). The molecule has 2 rings (SSSR count). The van der Waals surface area contributed by atoms with Gasteiger partial charge in [-0.3, -0.25) is 4.79 Å². The number of methoxy groups -OCH3 is 1. The number of nitrogens with one attached hydrogen (secondary N) is 1. The minimum Gasteiger partial charge on any atom is -0.468 e. The first-order chi connectivity index (χ1) is 10.3. The maximum Gasteiger partial charge on any atom is 0.358 e. The highest BCUT2D eigenvalue weighted by Crippen LogP contribution is 2.29. The molecule has 0 fully saturated rings. The molecule has 0 amide bonds. The highest BCUT2D eigenvalue weighted by molar-refractivity contribution is 8.03. The normalized spacial score (nSPS) is 20.7. The number of nitrogens with zero attached hydrogens (tertiary/aromatic N) is 1. The van der Waals surface area contributed by atoms with Gasteiger partial charge in [-0.15, -0.1) is 23.1 Å². The second-order valence-corrected chi connectivity index (χ2v) is 7.53. The van der Waals surface area contributed by atoms with Crippen molar-refractivity contribution >= 4 is 40.2 Å². The molecule has 0 aliphatic carbocycles. The predicted molar refractivity (Wildman–Crippen MR) is 87.2 cm³/mol. The Morgan fingerprint density at radius 1 is 1.36 bits per heavy atom. The van der Waals surface area contributed by atoms with Crippen molar-refractivity contribution in [2.45, 2.75) is 37.7 Å². The van der Waals surface area contributed by atoms with E-state index in [1.807, 2.05) is 11.5 Å². The topological polar surface area (TPSA) is 77.5 Å². The summed E-state index contributed by atoms with van der Waals surface area (Å²) >= 11 is 2.68.